The first-order chi connectivity index (χ1) is 12.0. The van der Waals surface area contributed by atoms with Gasteiger partial charge < -0.3 is 10.2 Å². The zero-order valence-electron chi connectivity index (χ0n) is 14.0. The molecule has 1 N–H and O–H groups in total. The van der Waals surface area contributed by atoms with Crippen LogP contribution >= 0.6 is 11.6 Å². The van der Waals surface area contributed by atoms with Gasteiger partial charge in [0.1, 0.15) is 0 Å². The molecule has 3 rings (SSSR count). The molecule has 0 saturated heterocycles. The molecule has 1 aromatic heterocycles. The number of benzene rings is 2. The van der Waals surface area contributed by atoms with Gasteiger partial charge in [0.25, 0.3) is 5.91 Å². The minimum absolute atomic E-state index is 0.158. The first kappa shape index (κ1) is 17.0. The lowest BCUT2D eigenvalue weighted by Crippen LogP contribution is -2.13. The normalized spacial score (nSPS) is 10.4. The molecule has 0 atom stereocenters. The Kier molecular flexibility index (Phi) is 5.00. The van der Waals surface area contributed by atoms with Crippen molar-refractivity contribution < 1.29 is 4.79 Å². The highest BCUT2D eigenvalue weighted by Gasteiger charge is 2.09. The number of anilines is 2. The third-order valence-electron chi connectivity index (χ3n) is 3.80. The van der Waals surface area contributed by atoms with E-state index in [-0.39, 0.29) is 5.91 Å². The van der Waals surface area contributed by atoms with Crippen LogP contribution in [0.4, 0.5) is 11.4 Å². The average molecular weight is 352 g/mol. The molecule has 0 aliphatic carbocycles. The number of rotatable bonds is 4. The molecule has 0 aliphatic rings. The molecule has 0 aliphatic heterocycles. The Bertz CT molecular complexity index is 891. The fourth-order valence-corrected chi connectivity index (χ4v) is 2.67. The summed E-state index contributed by atoms with van der Waals surface area (Å²) >= 11 is 6.16. The number of pyridine rings is 1. The Morgan fingerprint density at radius 3 is 2.48 bits per heavy atom. The zero-order chi connectivity index (χ0) is 17.8. The van der Waals surface area contributed by atoms with Crippen molar-refractivity contribution in [3.8, 4) is 11.3 Å². The maximum absolute atomic E-state index is 12.4. The molecule has 0 fully saturated rings. The van der Waals surface area contributed by atoms with E-state index in [1.165, 1.54) is 0 Å². The summed E-state index contributed by atoms with van der Waals surface area (Å²) in [5.41, 5.74) is 3.93. The topological polar surface area (TPSA) is 45.2 Å². The molecule has 25 heavy (non-hydrogen) atoms. The van der Waals surface area contributed by atoms with Gasteiger partial charge in [0.05, 0.1) is 10.7 Å². The standard InChI is InChI=1S/C20H18ClN3O/c1-24(2)17-6-3-5-16(13-17)23-20(25)15-10-8-14(9-11-15)19-18(21)7-4-12-22-19/h3-13H,1-2H3,(H,23,25). The maximum atomic E-state index is 12.4. The average Bonchev–Trinajstić information content (AvgIpc) is 2.62. The van der Waals surface area contributed by atoms with E-state index >= 15 is 0 Å². The number of aromatic nitrogens is 1. The zero-order valence-corrected chi connectivity index (χ0v) is 14.8. The monoisotopic (exact) mass is 351 g/mol. The summed E-state index contributed by atoms with van der Waals surface area (Å²) < 4.78 is 0. The first-order valence-electron chi connectivity index (χ1n) is 7.84. The summed E-state index contributed by atoms with van der Waals surface area (Å²) in [4.78, 5) is 18.7. The number of hydrogen-bond acceptors (Lipinski definition) is 3. The van der Waals surface area contributed by atoms with Crippen LogP contribution in [0.3, 0.4) is 0 Å². The van der Waals surface area contributed by atoms with E-state index in [9.17, 15) is 4.79 Å². The van der Waals surface area contributed by atoms with Gasteiger partial charge in [0.15, 0.2) is 0 Å². The molecule has 0 saturated carbocycles. The highest BCUT2D eigenvalue weighted by molar-refractivity contribution is 6.33. The predicted octanol–water partition coefficient (Wildman–Crippen LogP) is 4.72. The highest BCUT2D eigenvalue weighted by Crippen LogP contribution is 2.25. The maximum Gasteiger partial charge on any atom is 0.255 e. The Morgan fingerprint density at radius 1 is 1.04 bits per heavy atom. The third-order valence-corrected chi connectivity index (χ3v) is 4.10. The minimum Gasteiger partial charge on any atom is -0.378 e. The quantitative estimate of drug-likeness (QED) is 0.739. The van der Waals surface area contributed by atoms with Crippen molar-refractivity contribution in [1.82, 2.24) is 4.98 Å². The SMILES string of the molecule is CN(C)c1cccc(NC(=O)c2ccc(-c3ncccc3Cl)cc2)c1. The molecule has 4 nitrogen and oxygen atoms in total. The summed E-state index contributed by atoms with van der Waals surface area (Å²) in [6.45, 7) is 0. The number of carbonyl (C=O) groups excluding carboxylic acids is 1. The number of carbonyl (C=O) groups is 1. The van der Waals surface area contributed by atoms with E-state index in [0.29, 0.717) is 16.3 Å². The van der Waals surface area contributed by atoms with E-state index in [4.69, 9.17) is 11.6 Å². The second-order valence-electron chi connectivity index (χ2n) is 5.81. The van der Waals surface area contributed by atoms with E-state index in [0.717, 1.165) is 16.9 Å². The largest absolute Gasteiger partial charge is 0.378 e. The van der Waals surface area contributed by atoms with Crippen LogP contribution in [0.5, 0.6) is 0 Å². The van der Waals surface area contributed by atoms with Crippen molar-refractivity contribution in [3.63, 3.8) is 0 Å². The summed E-state index contributed by atoms with van der Waals surface area (Å²) in [5, 5.41) is 3.50. The van der Waals surface area contributed by atoms with E-state index < -0.39 is 0 Å². The van der Waals surface area contributed by atoms with Crippen LogP contribution < -0.4 is 10.2 Å². The van der Waals surface area contributed by atoms with Crippen molar-refractivity contribution in [3.05, 3.63) is 77.4 Å². The van der Waals surface area contributed by atoms with Crippen molar-refractivity contribution in [1.29, 1.82) is 0 Å². The molecule has 3 aromatic rings. The third kappa shape index (κ3) is 3.98. The number of amides is 1. The van der Waals surface area contributed by atoms with Crippen molar-refractivity contribution in [2.45, 2.75) is 0 Å². The van der Waals surface area contributed by atoms with E-state index in [1.54, 1.807) is 30.5 Å². The van der Waals surface area contributed by atoms with Gasteiger partial charge in [-0.15, -0.1) is 0 Å². The Labute approximate surface area is 152 Å². The van der Waals surface area contributed by atoms with Gasteiger partial charge in [-0.05, 0) is 42.5 Å². The van der Waals surface area contributed by atoms with Gasteiger partial charge in [-0.3, -0.25) is 9.78 Å². The van der Waals surface area contributed by atoms with Crippen LogP contribution in [-0.4, -0.2) is 25.0 Å². The van der Waals surface area contributed by atoms with Crippen LogP contribution in [0, 0.1) is 0 Å². The summed E-state index contributed by atoms with van der Waals surface area (Å²) in [5.74, 6) is -0.158. The Hall–Kier alpha value is -2.85. The summed E-state index contributed by atoms with van der Waals surface area (Å²) in [6.07, 6.45) is 1.69. The molecule has 1 heterocycles. The van der Waals surface area contributed by atoms with Gasteiger partial charge in [-0.25, -0.2) is 0 Å². The lowest BCUT2D eigenvalue weighted by Gasteiger charge is -2.14. The Balaban J connectivity index is 1.77. The Morgan fingerprint density at radius 2 is 1.80 bits per heavy atom. The highest BCUT2D eigenvalue weighted by atomic mass is 35.5. The van der Waals surface area contributed by atoms with Crippen LogP contribution in [0.15, 0.2) is 66.9 Å². The smallest absolute Gasteiger partial charge is 0.255 e. The number of nitrogens with one attached hydrogen (secondary N) is 1. The molecule has 5 heteroatoms. The number of halogens is 1. The second kappa shape index (κ2) is 7.36. The molecule has 1 amide bonds. The van der Waals surface area contributed by atoms with E-state index in [1.807, 2.05) is 55.4 Å². The lowest BCUT2D eigenvalue weighted by molar-refractivity contribution is 0.102. The first-order valence-corrected chi connectivity index (χ1v) is 8.22. The van der Waals surface area contributed by atoms with Gasteiger partial charge >= 0.3 is 0 Å². The van der Waals surface area contributed by atoms with Crippen LogP contribution in [0.1, 0.15) is 10.4 Å². The van der Waals surface area contributed by atoms with Crippen molar-refractivity contribution in [2.24, 2.45) is 0 Å². The van der Waals surface area contributed by atoms with Crippen LogP contribution in [0.25, 0.3) is 11.3 Å². The van der Waals surface area contributed by atoms with Gasteiger partial charge in [-0.1, -0.05) is 29.8 Å². The molecule has 0 bridgehead atoms. The summed E-state index contributed by atoms with van der Waals surface area (Å²) in [7, 11) is 3.92. The molecule has 0 radical (unpaired) electrons. The van der Waals surface area contributed by atoms with Gasteiger partial charge in [0.2, 0.25) is 0 Å². The molecular formula is C20H18ClN3O. The lowest BCUT2D eigenvalue weighted by atomic mass is 10.1. The van der Waals surface area contributed by atoms with Crippen molar-refractivity contribution >= 4 is 28.9 Å². The summed E-state index contributed by atoms with van der Waals surface area (Å²) in [6, 6.07) is 18.5. The van der Waals surface area contributed by atoms with Gasteiger partial charge in [-0.2, -0.15) is 0 Å². The van der Waals surface area contributed by atoms with Crippen LogP contribution in [-0.2, 0) is 0 Å². The number of hydrogen-bond donors (Lipinski definition) is 1. The minimum atomic E-state index is -0.158. The van der Waals surface area contributed by atoms with Crippen LogP contribution in [0.2, 0.25) is 5.02 Å². The van der Waals surface area contributed by atoms with E-state index in [2.05, 4.69) is 10.3 Å². The molecule has 126 valence electrons. The molecular weight excluding hydrogens is 334 g/mol. The van der Waals surface area contributed by atoms with Gasteiger partial charge in [0, 0.05) is 42.8 Å². The number of nitrogens with zero attached hydrogens (tertiary/aromatic N) is 2. The molecule has 0 spiro atoms. The second-order valence-corrected chi connectivity index (χ2v) is 6.22. The predicted molar refractivity (Wildman–Crippen MR) is 103 cm³/mol. The van der Waals surface area contributed by atoms with Crippen molar-refractivity contribution in [2.75, 3.05) is 24.3 Å². The fourth-order valence-electron chi connectivity index (χ4n) is 2.44. The molecule has 2 aromatic carbocycles. The fraction of sp³-hybridized carbons (Fsp3) is 0.100. The molecule has 0 unspecified atom stereocenters.